The molecular weight excluding hydrogens is 864 g/mol. The number of alkyl halides is 3. The second kappa shape index (κ2) is 23.4. The van der Waals surface area contributed by atoms with Crippen LogP contribution < -0.4 is 20.1 Å². The summed E-state index contributed by atoms with van der Waals surface area (Å²) in [5.74, 6) is -2.38. The lowest BCUT2D eigenvalue weighted by Gasteiger charge is -2.29. The molecule has 3 aliphatic rings. The van der Waals surface area contributed by atoms with E-state index in [0.717, 1.165) is 16.0 Å². The molecule has 1 atom stereocenters. The van der Waals surface area contributed by atoms with E-state index in [2.05, 4.69) is 22.2 Å². The summed E-state index contributed by atoms with van der Waals surface area (Å²) < 4.78 is 67.1. The molecule has 354 valence electrons. The molecule has 0 spiro atoms. The van der Waals surface area contributed by atoms with Crippen molar-refractivity contribution in [3.63, 3.8) is 0 Å². The Morgan fingerprint density at radius 1 is 0.894 bits per heavy atom. The zero-order chi connectivity index (χ0) is 47.2. The van der Waals surface area contributed by atoms with Crippen molar-refractivity contribution < 1.29 is 60.8 Å². The third-order valence-corrected chi connectivity index (χ3v) is 11.7. The number of hydrogen-bond donors (Lipinski definition) is 2. The number of aromatic nitrogens is 1. The van der Waals surface area contributed by atoms with Gasteiger partial charge in [0.25, 0.3) is 17.7 Å². The lowest BCUT2D eigenvalue weighted by atomic mass is 9.81. The van der Waals surface area contributed by atoms with E-state index in [-0.39, 0.29) is 67.7 Å². The number of piperidine rings is 1. The van der Waals surface area contributed by atoms with Gasteiger partial charge in [-0.2, -0.15) is 13.2 Å². The summed E-state index contributed by atoms with van der Waals surface area (Å²) >= 11 is 0. The topological polar surface area (TPSA) is 175 Å². The number of hydrogen-bond acceptors (Lipinski definition) is 11. The Morgan fingerprint density at radius 2 is 1.58 bits per heavy atom. The average molecular weight is 920 g/mol. The van der Waals surface area contributed by atoms with Crippen molar-refractivity contribution in [3.8, 4) is 11.5 Å². The molecule has 2 N–H and O–H groups in total. The molecule has 1 unspecified atom stereocenters. The van der Waals surface area contributed by atoms with Crippen molar-refractivity contribution in [1.29, 1.82) is 0 Å². The first-order valence-corrected chi connectivity index (χ1v) is 22.0. The number of nitrogens with zero attached hydrogens (tertiary/aromatic N) is 3. The van der Waals surface area contributed by atoms with Crippen LogP contribution in [0.1, 0.15) is 86.4 Å². The maximum Gasteiger partial charge on any atom is 0.391 e. The van der Waals surface area contributed by atoms with Crippen molar-refractivity contribution in [1.82, 2.24) is 25.4 Å². The number of fused-ring (bicyclic) bond motifs is 1. The summed E-state index contributed by atoms with van der Waals surface area (Å²) in [7, 11) is 3.18. The quantitative estimate of drug-likeness (QED) is 0.0905. The number of halogens is 3. The van der Waals surface area contributed by atoms with Crippen molar-refractivity contribution >= 4 is 35.6 Å². The summed E-state index contributed by atoms with van der Waals surface area (Å²) in [6.07, 6.45) is 2.98. The molecule has 18 heteroatoms. The number of benzene rings is 2. The number of methoxy groups -OCH3 is 1. The lowest BCUT2D eigenvalue weighted by Crippen LogP contribution is -2.51. The van der Waals surface area contributed by atoms with Gasteiger partial charge in [-0.25, -0.2) is 4.98 Å². The van der Waals surface area contributed by atoms with Crippen LogP contribution in [0.25, 0.3) is 6.08 Å². The Labute approximate surface area is 381 Å². The predicted octanol–water partition coefficient (Wildman–Crippen LogP) is 5.92. The zero-order valence-corrected chi connectivity index (χ0v) is 37.2. The van der Waals surface area contributed by atoms with Gasteiger partial charge in [-0.1, -0.05) is 43.0 Å². The van der Waals surface area contributed by atoms with E-state index in [4.69, 9.17) is 23.7 Å². The van der Waals surface area contributed by atoms with E-state index in [1.807, 2.05) is 30.3 Å². The number of pyridine rings is 1. The number of amides is 5. The highest BCUT2D eigenvalue weighted by Crippen LogP contribution is 2.40. The molecule has 15 nitrogen and oxygen atoms in total. The highest BCUT2D eigenvalue weighted by Gasteiger charge is 2.44. The number of rotatable bonds is 22. The first-order valence-electron chi connectivity index (χ1n) is 22.0. The van der Waals surface area contributed by atoms with Gasteiger partial charge >= 0.3 is 6.18 Å². The molecule has 3 aromatic rings. The smallest absolute Gasteiger partial charge is 0.391 e. The molecule has 3 heterocycles. The second-order valence-electron chi connectivity index (χ2n) is 16.3. The SMILES string of the molecule is C=C1CCC(N2C(=O)c3ccc(OCCOCCOCCOCCN(C)C(=O)Cc4cccc(CNC(=O)c5cc(/C=C/C6CCC(C(F)(F)F)CC6)c(OC)cn5)c4)cc3C2=O)C(=O)N1. The maximum atomic E-state index is 13.1. The number of ether oxygens (including phenoxy) is 5. The van der Waals surface area contributed by atoms with Gasteiger partial charge in [0.1, 0.15) is 29.8 Å². The fourth-order valence-corrected chi connectivity index (χ4v) is 7.90. The van der Waals surface area contributed by atoms with Crippen LogP contribution in [0, 0.1) is 11.8 Å². The van der Waals surface area contributed by atoms with Crippen molar-refractivity contribution in [2.45, 2.75) is 63.7 Å². The molecule has 2 aliphatic heterocycles. The first kappa shape index (κ1) is 49.3. The average Bonchev–Trinajstić information content (AvgIpc) is 3.54. The van der Waals surface area contributed by atoms with Gasteiger partial charge in [0, 0.05) is 31.4 Å². The van der Waals surface area contributed by atoms with Crippen LogP contribution in [0.15, 0.2) is 73.1 Å². The van der Waals surface area contributed by atoms with E-state index in [1.54, 1.807) is 30.2 Å². The number of nitrogens with one attached hydrogen (secondary N) is 2. The standard InChI is InChI=1S/C48H56F3N5O10/c1-31-7-16-41(45(59)54-31)56-46(60)38-15-14-37(28-39(38)47(56)61)66-24-23-65-22-21-64-20-19-63-18-17-55(2)43(57)26-33-5-4-6-34(25-33)29-53-44(58)40-27-35(42(62-3)30-52-40)11-8-32-9-12-36(13-10-32)48(49,50)51/h4-6,8,11,14-15,25,27-28,30,32,36,41H,1,7,9-10,12-13,16-24,26,29H2,2-3H3,(H,53,58)(H,54,59)/b11-8+. The van der Waals surface area contributed by atoms with Gasteiger partial charge in [-0.15, -0.1) is 0 Å². The maximum absolute atomic E-state index is 13.1. The van der Waals surface area contributed by atoms with Gasteiger partial charge in [-0.3, -0.25) is 28.9 Å². The van der Waals surface area contributed by atoms with Gasteiger partial charge < -0.3 is 39.2 Å². The van der Waals surface area contributed by atoms with Gasteiger partial charge in [0.15, 0.2) is 0 Å². The molecule has 2 aromatic carbocycles. The Bertz CT molecular complexity index is 2260. The summed E-state index contributed by atoms with van der Waals surface area (Å²) in [6, 6.07) is 12.7. The Hall–Kier alpha value is -6.11. The Morgan fingerprint density at radius 3 is 2.27 bits per heavy atom. The van der Waals surface area contributed by atoms with Crippen LogP contribution in [0.5, 0.6) is 11.5 Å². The van der Waals surface area contributed by atoms with Crippen LogP contribution in [-0.4, -0.2) is 123 Å². The van der Waals surface area contributed by atoms with Gasteiger partial charge in [0.2, 0.25) is 11.8 Å². The number of carbonyl (C=O) groups is 5. The molecule has 2 fully saturated rings. The zero-order valence-electron chi connectivity index (χ0n) is 37.2. The minimum atomic E-state index is -4.16. The highest BCUT2D eigenvalue weighted by molar-refractivity contribution is 6.23. The summed E-state index contributed by atoms with van der Waals surface area (Å²) in [5.41, 5.74) is 3.32. The Kier molecular flexibility index (Phi) is 17.5. The molecule has 1 aromatic heterocycles. The first-order chi connectivity index (χ1) is 31.7. The third kappa shape index (κ3) is 13.5. The highest BCUT2D eigenvalue weighted by atomic mass is 19.4. The summed E-state index contributed by atoms with van der Waals surface area (Å²) in [6.45, 7) is 6.41. The minimum absolute atomic E-state index is 0.00451. The second-order valence-corrected chi connectivity index (χ2v) is 16.3. The Balaban J connectivity index is 0.810. The van der Waals surface area contributed by atoms with Crippen molar-refractivity contribution in [2.24, 2.45) is 11.8 Å². The molecule has 1 saturated carbocycles. The lowest BCUT2D eigenvalue weighted by molar-refractivity contribution is -0.183. The predicted molar refractivity (Wildman–Crippen MR) is 235 cm³/mol. The summed E-state index contributed by atoms with van der Waals surface area (Å²) in [4.78, 5) is 71.3. The number of carbonyl (C=O) groups excluding carboxylic acids is 5. The van der Waals surface area contributed by atoms with Gasteiger partial charge in [-0.05, 0) is 79.8 Å². The van der Waals surface area contributed by atoms with E-state index in [0.29, 0.717) is 88.0 Å². The fourth-order valence-electron chi connectivity index (χ4n) is 7.90. The summed E-state index contributed by atoms with van der Waals surface area (Å²) in [5, 5.41) is 5.48. The normalized spacial score (nSPS) is 18.6. The molecular formula is C48H56F3N5O10. The van der Waals surface area contributed by atoms with Crippen LogP contribution in [0.2, 0.25) is 0 Å². The van der Waals surface area contributed by atoms with E-state index >= 15 is 0 Å². The van der Waals surface area contributed by atoms with E-state index in [9.17, 15) is 37.1 Å². The van der Waals surface area contributed by atoms with Crippen LogP contribution in [0.4, 0.5) is 13.2 Å². The monoisotopic (exact) mass is 919 g/mol. The largest absolute Gasteiger partial charge is 0.495 e. The van der Waals surface area contributed by atoms with E-state index < -0.39 is 41.8 Å². The van der Waals surface area contributed by atoms with Gasteiger partial charge in [0.05, 0.1) is 76.4 Å². The fraction of sp³-hybridized carbons (Fsp3) is 0.458. The van der Waals surface area contributed by atoms with Crippen LogP contribution in [-0.2, 0) is 36.8 Å². The van der Waals surface area contributed by atoms with Crippen LogP contribution >= 0.6 is 0 Å². The van der Waals surface area contributed by atoms with E-state index in [1.165, 1.54) is 25.4 Å². The molecule has 6 rings (SSSR count). The third-order valence-electron chi connectivity index (χ3n) is 11.7. The number of allylic oxidation sites excluding steroid dienone is 2. The minimum Gasteiger partial charge on any atom is -0.495 e. The molecule has 1 saturated heterocycles. The molecule has 5 amide bonds. The number of likely N-dealkylation sites (N-methyl/N-ethyl adjacent to an activating group) is 1. The molecule has 0 radical (unpaired) electrons. The number of imide groups is 1. The molecule has 0 bridgehead atoms. The molecule has 1 aliphatic carbocycles. The van der Waals surface area contributed by atoms with Crippen molar-refractivity contribution in [2.75, 3.05) is 67.0 Å². The van der Waals surface area contributed by atoms with Crippen molar-refractivity contribution in [3.05, 3.63) is 107 Å². The van der Waals surface area contributed by atoms with Crippen LogP contribution in [0.3, 0.4) is 0 Å². The molecule has 66 heavy (non-hydrogen) atoms.